The molecule has 0 aromatic carbocycles. The second-order valence-electron chi connectivity index (χ2n) is 4.49. The van der Waals surface area contributed by atoms with Crippen molar-refractivity contribution >= 4 is 15.7 Å². The van der Waals surface area contributed by atoms with Gasteiger partial charge in [0.2, 0.25) is 5.91 Å². The first-order valence-electron chi connectivity index (χ1n) is 6.24. The number of nitrogens with zero attached hydrogens (tertiary/aromatic N) is 1. The van der Waals surface area contributed by atoms with Gasteiger partial charge < -0.3 is 10.3 Å². The van der Waals surface area contributed by atoms with Crippen LogP contribution in [0.2, 0.25) is 0 Å². The van der Waals surface area contributed by atoms with Crippen LogP contribution in [0.25, 0.3) is 0 Å². The molecule has 2 rings (SSSR count). The third-order valence-electron chi connectivity index (χ3n) is 3.20. The van der Waals surface area contributed by atoms with Crippen LogP contribution in [0.3, 0.4) is 0 Å². The highest BCUT2D eigenvalue weighted by Crippen LogP contribution is 2.11. The van der Waals surface area contributed by atoms with Crippen molar-refractivity contribution in [3.8, 4) is 0 Å². The summed E-state index contributed by atoms with van der Waals surface area (Å²) in [4.78, 5) is 19.1. The predicted octanol–water partition coefficient (Wildman–Crippen LogP) is -1.03. The second-order valence-corrected chi connectivity index (χ2v) is 6.97. The molecular formula is C11H18N4O3S. The summed E-state index contributed by atoms with van der Waals surface area (Å²) in [6.45, 7) is 2.32. The number of amides is 1. The topological polar surface area (TPSA) is 104 Å². The molecule has 0 saturated carbocycles. The number of sulfone groups is 1. The number of aromatic amines is 1. The van der Waals surface area contributed by atoms with Crippen LogP contribution >= 0.6 is 0 Å². The Bertz CT molecular complexity index is 552. The number of H-pyrrole nitrogens is 1. The number of fused-ring (bicyclic) bond motifs is 1. The average molecular weight is 286 g/mol. The molecule has 0 spiro atoms. The Hall–Kier alpha value is -1.41. The molecule has 1 amide bonds. The summed E-state index contributed by atoms with van der Waals surface area (Å²) in [5.41, 5.74) is 1.89. The van der Waals surface area contributed by atoms with Gasteiger partial charge >= 0.3 is 0 Å². The van der Waals surface area contributed by atoms with Crippen molar-refractivity contribution in [3.05, 3.63) is 17.7 Å². The summed E-state index contributed by atoms with van der Waals surface area (Å²) in [5, 5.41) is 5.74. The molecule has 1 aromatic rings. The van der Waals surface area contributed by atoms with Gasteiger partial charge in [-0.05, 0) is 0 Å². The van der Waals surface area contributed by atoms with E-state index in [1.54, 1.807) is 13.3 Å². The van der Waals surface area contributed by atoms with E-state index in [1.165, 1.54) is 0 Å². The van der Waals surface area contributed by atoms with E-state index in [-0.39, 0.29) is 30.0 Å². The molecule has 1 unspecified atom stereocenters. The summed E-state index contributed by atoms with van der Waals surface area (Å²) in [6.07, 6.45) is 2.13. The van der Waals surface area contributed by atoms with Gasteiger partial charge in [-0.2, -0.15) is 0 Å². The molecule has 0 bridgehead atoms. The summed E-state index contributed by atoms with van der Waals surface area (Å²) < 4.78 is 22.6. The number of aromatic nitrogens is 2. The number of hydrogen-bond donors (Lipinski definition) is 3. The Kier molecular flexibility index (Phi) is 4.20. The number of carbonyl (C=O) groups is 1. The lowest BCUT2D eigenvalue weighted by Gasteiger charge is -2.22. The molecule has 19 heavy (non-hydrogen) atoms. The van der Waals surface area contributed by atoms with Crippen molar-refractivity contribution in [3.63, 3.8) is 0 Å². The van der Waals surface area contributed by atoms with Gasteiger partial charge in [0.15, 0.2) is 9.84 Å². The van der Waals surface area contributed by atoms with Crippen LogP contribution in [-0.2, 0) is 27.6 Å². The van der Waals surface area contributed by atoms with Crippen molar-refractivity contribution in [1.82, 2.24) is 20.6 Å². The summed E-state index contributed by atoms with van der Waals surface area (Å²) in [5.74, 6) is -0.100. The maximum Gasteiger partial charge on any atom is 0.237 e. The van der Waals surface area contributed by atoms with E-state index in [2.05, 4.69) is 20.6 Å². The molecule has 0 aliphatic carbocycles. The first-order chi connectivity index (χ1) is 9.02. The Morgan fingerprint density at radius 3 is 3.11 bits per heavy atom. The van der Waals surface area contributed by atoms with E-state index in [9.17, 15) is 13.2 Å². The van der Waals surface area contributed by atoms with Crippen LogP contribution < -0.4 is 10.6 Å². The van der Waals surface area contributed by atoms with Gasteiger partial charge in [0.05, 0.1) is 29.5 Å². The van der Waals surface area contributed by atoms with Crippen LogP contribution in [0.5, 0.6) is 0 Å². The number of hydrogen-bond acceptors (Lipinski definition) is 5. The monoisotopic (exact) mass is 286 g/mol. The molecule has 3 N–H and O–H groups in total. The van der Waals surface area contributed by atoms with Gasteiger partial charge in [0, 0.05) is 25.3 Å². The van der Waals surface area contributed by atoms with Crippen molar-refractivity contribution in [2.24, 2.45) is 0 Å². The third-order valence-corrected chi connectivity index (χ3v) is 4.90. The number of imidazole rings is 1. The number of nitrogens with one attached hydrogen (secondary N) is 3. The summed E-state index contributed by atoms with van der Waals surface area (Å²) >= 11 is 0. The molecule has 1 aliphatic heterocycles. The molecule has 2 heterocycles. The average Bonchev–Trinajstić information content (AvgIpc) is 2.85. The maximum absolute atomic E-state index is 11.9. The number of carbonyl (C=O) groups excluding carboxylic acids is 1. The Morgan fingerprint density at radius 1 is 1.58 bits per heavy atom. The molecule has 0 fully saturated rings. The van der Waals surface area contributed by atoms with Crippen LogP contribution in [0.1, 0.15) is 18.3 Å². The van der Waals surface area contributed by atoms with E-state index < -0.39 is 9.84 Å². The Labute approximate surface area is 112 Å². The maximum atomic E-state index is 11.9. The van der Waals surface area contributed by atoms with Gasteiger partial charge in [-0.1, -0.05) is 6.92 Å². The lowest BCUT2D eigenvalue weighted by molar-refractivity contribution is -0.123. The van der Waals surface area contributed by atoms with E-state index >= 15 is 0 Å². The molecule has 0 radical (unpaired) electrons. The fourth-order valence-corrected chi connectivity index (χ4v) is 2.65. The van der Waals surface area contributed by atoms with E-state index in [1.807, 2.05) is 0 Å². The van der Waals surface area contributed by atoms with E-state index in [4.69, 9.17) is 0 Å². The molecule has 1 atom stereocenters. The highest BCUT2D eigenvalue weighted by molar-refractivity contribution is 7.91. The number of rotatable bonds is 5. The fraction of sp³-hybridized carbons (Fsp3) is 0.636. The summed E-state index contributed by atoms with van der Waals surface area (Å²) in [6, 6.07) is -0.347. The van der Waals surface area contributed by atoms with Crippen LogP contribution in [0.4, 0.5) is 0 Å². The van der Waals surface area contributed by atoms with Gasteiger partial charge in [-0.15, -0.1) is 0 Å². The van der Waals surface area contributed by atoms with Crippen molar-refractivity contribution in [2.75, 3.05) is 18.1 Å². The van der Waals surface area contributed by atoms with Gasteiger partial charge in [-0.3, -0.25) is 10.1 Å². The molecular weight excluding hydrogens is 268 g/mol. The van der Waals surface area contributed by atoms with Gasteiger partial charge in [0.25, 0.3) is 0 Å². The van der Waals surface area contributed by atoms with Crippen molar-refractivity contribution in [2.45, 2.75) is 25.9 Å². The normalized spacial score (nSPS) is 18.9. The highest BCUT2D eigenvalue weighted by atomic mass is 32.2. The molecule has 7 nitrogen and oxygen atoms in total. The lowest BCUT2D eigenvalue weighted by Crippen LogP contribution is -2.48. The van der Waals surface area contributed by atoms with Crippen LogP contribution in [0, 0.1) is 0 Å². The zero-order valence-corrected chi connectivity index (χ0v) is 11.6. The SMILES string of the molecule is CCS(=O)(=O)CCNC(=O)C1Cc2nc[nH]c2CN1. The standard InChI is InChI=1S/C11H18N4O3S/c1-2-19(17,18)4-3-12-11(16)9-5-8-10(6-13-9)15-7-14-8/h7,9,13H,2-6H2,1H3,(H,12,16)(H,14,15). The molecule has 8 heteroatoms. The third kappa shape index (κ3) is 3.54. The lowest BCUT2D eigenvalue weighted by atomic mass is 10.1. The molecule has 1 aromatic heterocycles. The zero-order valence-electron chi connectivity index (χ0n) is 10.8. The quantitative estimate of drug-likeness (QED) is 0.642. The zero-order chi connectivity index (χ0) is 13.9. The largest absolute Gasteiger partial charge is 0.354 e. The molecule has 1 aliphatic rings. The predicted molar refractivity (Wildman–Crippen MR) is 70.3 cm³/mol. The minimum absolute atomic E-state index is 0.0182. The first-order valence-corrected chi connectivity index (χ1v) is 8.06. The fourth-order valence-electron chi connectivity index (χ4n) is 1.95. The molecule has 106 valence electrons. The van der Waals surface area contributed by atoms with Crippen molar-refractivity contribution in [1.29, 1.82) is 0 Å². The summed E-state index contributed by atoms with van der Waals surface area (Å²) in [7, 11) is -3.04. The van der Waals surface area contributed by atoms with Crippen LogP contribution in [0.15, 0.2) is 6.33 Å². The second kappa shape index (κ2) is 5.70. The minimum Gasteiger partial charge on any atom is -0.354 e. The minimum atomic E-state index is -3.04. The Balaban J connectivity index is 1.82. The highest BCUT2D eigenvalue weighted by Gasteiger charge is 2.25. The van der Waals surface area contributed by atoms with Crippen molar-refractivity contribution < 1.29 is 13.2 Å². The first kappa shape index (κ1) is 14.0. The van der Waals surface area contributed by atoms with Crippen LogP contribution in [-0.4, -0.2) is 48.4 Å². The van der Waals surface area contributed by atoms with Gasteiger partial charge in [-0.25, -0.2) is 13.4 Å². The molecule has 0 saturated heterocycles. The van der Waals surface area contributed by atoms with E-state index in [0.29, 0.717) is 13.0 Å². The Morgan fingerprint density at radius 2 is 2.37 bits per heavy atom. The van der Waals surface area contributed by atoms with E-state index in [0.717, 1.165) is 11.4 Å². The smallest absolute Gasteiger partial charge is 0.237 e. The van der Waals surface area contributed by atoms with Gasteiger partial charge in [0.1, 0.15) is 0 Å².